The first-order chi connectivity index (χ1) is 9.12. The van der Waals surface area contributed by atoms with E-state index in [1.807, 2.05) is 6.92 Å². The number of benzene rings is 1. The average Bonchev–Trinajstić information content (AvgIpc) is 2.90. The predicted molar refractivity (Wildman–Crippen MR) is 70.5 cm³/mol. The fourth-order valence-corrected chi connectivity index (χ4v) is 1.99. The number of rotatable bonds is 4. The fraction of sp³-hybridized carbons (Fsp3) is 0.333. The molecule has 0 bridgehead atoms. The Balaban J connectivity index is 2.60. The van der Waals surface area contributed by atoms with Crippen molar-refractivity contribution in [2.24, 2.45) is 5.73 Å². The maximum Gasteiger partial charge on any atom is 0.240 e. The molecule has 0 saturated heterocycles. The first kappa shape index (κ1) is 13.6. The van der Waals surface area contributed by atoms with Crippen molar-refractivity contribution in [1.29, 1.82) is 0 Å². The summed E-state index contributed by atoms with van der Waals surface area (Å²) < 4.78 is 15.5. The molecule has 0 aliphatic rings. The number of ether oxygens (including phenoxy) is 2. The topological polar surface area (TPSA) is 83.4 Å². The van der Waals surface area contributed by atoms with Gasteiger partial charge < -0.3 is 19.7 Å². The van der Waals surface area contributed by atoms with Crippen LogP contribution in [-0.4, -0.2) is 24.4 Å². The molecule has 0 unspecified atom stereocenters. The highest BCUT2D eigenvalue weighted by Crippen LogP contribution is 2.41. The molecule has 2 rings (SSSR count). The first-order valence-electron chi connectivity index (χ1n) is 5.56. The van der Waals surface area contributed by atoms with E-state index in [0.717, 1.165) is 5.56 Å². The molecule has 0 radical (unpaired) electrons. The lowest BCUT2D eigenvalue weighted by molar-refractivity contribution is 0.355. The van der Waals surface area contributed by atoms with Gasteiger partial charge in [-0.1, -0.05) is 16.8 Å². The highest BCUT2D eigenvalue weighted by atomic mass is 35.5. The van der Waals surface area contributed by atoms with Gasteiger partial charge in [-0.05, 0) is 18.6 Å². The van der Waals surface area contributed by atoms with Crippen LogP contribution in [0.2, 0.25) is 5.02 Å². The maximum absolute atomic E-state index is 6.26. The summed E-state index contributed by atoms with van der Waals surface area (Å²) in [5, 5.41) is 4.32. The molecule has 0 saturated carbocycles. The van der Waals surface area contributed by atoms with Gasteiger partial charge in [0.15, 0.2) is 11.5 Å². The Morgan fingerprint density at radius 3 is 2.63 bits per heavy atom. The summed E-state index contributed by atoms with van der Waals surface area (Å²) in [5.41, 5.74) is 6.94. The minimum Gasteiger partial charge on any atom is -0.493 e. The van der Waals surface area contributed by atoms with E-state index < -0.39 is 0 Å². The van der Waals surface area contributed by atoms with E-state index in [-0.39, 0.29) is 6.54 Å². The van der Waals surface area contributed by atoms with Gasteiger partial charge in [-0.3, -0.25) is 0 Å². The second kappa shape index (κ2) is 5.46. The van der Waals surface area contributed by atoms with Crippen LogP contribution in [0.25, 0.3) is 11.4 Å². The van der Waals surface area contributed by atoms with E-state index in [4.69, 9.17) is 31.3 Å². The standard InChI is InChI=1S/C12H14ClN3O3/c1-6-7(12-15-9(5-14)19-16-12)4-8(17-2)11(18-3)10(6)13/h4H,5,14H2,1-3H3. The molecular weight excluding hydrogens is 270 g/mol. The van der Waals surface area contributed by atoms with Crippen molar-refractivity contribution in [3.05, 3.63) is 22.5 Å². The molecule has 2 N–H and O–H groups in total. The molecule has 0 fully saturated rings. The predicted octanol–water partition coefficient (Wildman–Crippen LogP) is 2.17. The lowest BCUT2D eigenvalue weighted by atomic mass is 10.1. The molecule has 0 aliphatic carbocycles. The molecule has 1 aromatic heterocycles. The van der Waals surface area contributed by atoms with Gasteiger partial charge >= 0.3 is 0 Å². The van der Waals surface area contributed by atoms with Crippen LogP contribution < -0.4 is 15.2 Å². The molecule has 0 aliphatic heterocycles. The summed E-state index contributed by atoms with van der Waals surface area (Å²) in [5.74, 6) is 1.77. The Bertz CT molecular complexity index is 598. The van der Waals surface area contributed by atoms with Gasteiger partial charge in [0.25, 0.3) is 0 Å². The number of nitrogens with zero attached hydrogens (tertiary/aromatic N) is 2. The van der Waals surface area contributed by atoms with E-state index in [0.29, 0.717) is 33.8 Å². The third kappa shape index (κ3) is 2.36. The number of halogens is 1. The number of aromatic nitrogens is 2. The zero-order valence-electron chi connectivity index (χ0n) is 10.9. The third-order valence-corrected chi connectivity index (χ3v) is 3.19. The highest BCUT2D eigenvalue weighted by molar-refractivity contribution is 6.33. The maximum atomic E-state index is 6.26. The molecule has 0 amide bonds. The fourth-order valence-electron chi connectivity index (χ4n) is 1.72. The Labute approximate surface area is 115 Å². The monoisotopic (exact) mass is 283 g/mol. The van der Waals surface area contributed by atoms with E-state index in [9.17, 15) is 0 Å². The molecule has 1 heterocycles. The van der Waals surface area contributed by atoms with Gasteiger partial charge in [-0.15, -0.1) is 0 Å². The van der Waals surface area contributed by atoms with Crippen molar-refractivity contribution in [3.63, 3.8) is 0 Å². The molecule has 0 atom stereocenters. The summed E-state index contributed by atoms with van der Waals surface area (Å²) >= 11 is 6.26. The Morgan fingerprint density at radius 2 is 2.11 bits per heavy atom. The molecule has 102 valence electrons. The van der Waals surface area contributed by atoms with Crippen molar-refractivity contribution in [2.75, 3.05) is 14.2 Å². The van der Waals surface area contributed by atoms with Gasteiger partial charge in [-0.25, -0.2) is 0 Å². The van der Waals surface area contributed by atoms with Gasteiger partial charge in [-0.2, -0.15) is 4.98 Å². The smallest absolute Gasteiger partial charge is 0.240 e. The van der Waals surface area contributed by atoms with E-state index in [1.165, 1.54) is 14.2 Å². The van der Waals surface area contributed by atoms with Gasteiger partial charge in [0.2, 0.25) is 11.7 Å². The van der Waals surface area contributed by atoms with E-state index >= 15 is 0 Å². The number of hydrogen-bond acceptors (Lipinski definition) is 6. The molecular formula is C12H14ClN3O3. The number of methoxy groups -OCH3 is 2. The molecule has 2 aromatic rings. The van der Waals surface area contributed by atoms with Crippen LogP contribution in [0.15, 0.2) is 10.6 Å². The number of hydrogen-bond donors (Lipinski definition) is 1. The van der Waals surface area contributed by atoms with Crippen LogP contribution in [0.1, 0.15) is 11.5 Å². The second-order valence-corrected chi connectivity index (χ2v) is 4.19. The Morgan fingerprint density at radius 1 is 1.37 bits per heavy atom. The molecule has 6 nitrogen and oxygen atoms in total. The van der Waals surface area contributed by atoms with E-state index in [2.05, 4.69) is 10.1 Å². The highest BCUT2D eigenvalue weighted by Gasteiger charge is 2.19. The molecule has 7 heteroatoms. The van der Waals surface area contributed by atoms with E-state index in [1.54, 1.807) is 6.07 Å². The first-order valence-corrected chi connectivity index (χ1v) is 5.94. The van der Waals surface area contributed by atoms with Crippen molar-refractivity contribution in [3.8, 4) is 22.9 Å². The van der Waals surface area contributed by atoms with Crippen LogP contribution in [0.4, 0.5) is 0 Å². The molecule has 1 aromatic carbocycles. The van der Waals surface area contributed by atoms with Crippen LogP contribution in [0.3, 0.4) is 0 Å². The molecule has 19 heavy (non-hydrogen) atoms. The van der Waals surface area contributed by atoms with Crippen molar-refractivity contribution in [1.82, 2.24) is 10.1 Å². The van der Waals surface area contributed by atoms with Crippen LogP contribution >= 0.6 is 11.6 Å². The van der Waals surface area contributed by atoms with Crippen LogP contribution in [0.5, 0.6) is 11.5 Å². The SMILES string of the molecule is COc1cc(-c2noc(CN)n2)c(C)c(Cl)c1OC. The summed E-state index contributed by atoms with van der Waals surface area (Å²) in [6.45, 7) is 2.03. The summed E-state index contributed by atoms with van der Waals surface area (Å²) in [4.78, 5) is 4.17. The summed E-state index contributed by atoms with van der Waals surface area (Å²) in [6, 6.07) is 1.76. The van der Waals surface area contributed by atoms with Crippen molar-refractivity contribution < 1.29 is 14.0 Å². The third-order valence-electron chi connectivity index (χ3n) is 2.74. The Kier molecular flexibility index (Phi) is 3.92. The number of nitrogens with two attached hydrogens (primary N) is 1. The lowest BCUT2D eigenvalue weighted by Crippen LogP contribution is -1.97. The van der Waals surface area contributed by atoms with Gasteiger partial charge in [0, 0.05) is 5.56 Å². The van der Waals surface area contributed by atoms with Gasteiger partial charge in [0.05, 0.1) is 25.8 Å². The quantitative estimate of drug-likeness (QED) is 0.926. The summed E-state index contributed by atoms with van der Waals surface area (Å²) in [6.07, 6.45) is 0. The normalized spacial score (nSPS) is 10.6. The van der Waals surface area contributed by atoms with Crippen LogP contribution in [0, 0.1) is 6.92 Å². The van der Waals surface area contributed by atoms with Crippen molar-refractivity contribution >= 4 is 11.6 Å². The average molecular weight is 284 g/mol. The second-order valence-electron chi connectivity index (χ2n) is 3.81. The largest absolute Gasteiger partial charge is 0.493 e. The van der Waals surface area contributed by atoms with Gasteiger partial charge in [0.1, 0.15) is 0 Å². The van der Waals surface area contributed by atoms with Crippen molar-refractivity contribution in [2.45, 2.75) is 13.5 Å². The minimum absolute atomic E-state index is 0.188. The Hall–Kier alpha value is -1.79. The minimum atomic E-state index is 0.188. The zero-order chi connectivity index (χ0) is 14.0. The summed E-state index contributed by atoms with van der Waals surface area (Å²) in [7, 11) is 3.07. The molecule has 0 spiro atoms. The lowest BCUT2D eigenvalue weighted by Gasteiger charge is -2.13. The zero-order valence-corrected chi connectivity index (χ0v) is 11.6. The van der Waals surface area contributed by atoms with Crippen LogP contribution in [-0.2, 0) is 6.54 Å².